The van der Waals surface area contributed by atoms with Crippen molar-refractivity contribution in [3.63, 3.8) is 0 Å². The van der Waals surface area contributed by atoms with Crippen LogP contribution in [0.2, 0.25) is 0 Å². The molecule has 0 heterocycles. The van der Waals surface area contributed by atoms with E-state index >= 15 is 0 Å². The fourth-order valence-corrected chi connectivity index (χ4v) is 2.08. The first-order valence-corrected chi connectivity index (χ1v) is 7.58. The van der Waals surface area contributed by atoms with Gasteiger partial charge in [-0.3, -0.25) is 0 Å². The molecule has 2 aromatic carbocycles. The summed E-state index contributed by atoms with van der Waals surface area (Å²) in [5, 5.41) is 0. The van der Waals surface area contributed by atoms with Crippen molar-refractivity contribution in [2.45, 2.75) is 33.1 Å². The maximum Gasteiger partial charge on any atom is 0.122 e. The Balaban J connectivity index is 1.85. The third-order valence-electron chi connectivity index (χ3n) is 3.57. The number of hydrogen-bond acceptors (Lipinski definition) is 3. The molecule has 0 unspecified atom stereocenters. The maximum atomic E-state index is 5.86. The fourth-order valence-electron chi connectivity index (χ4n) is 2.08. The van der Waals surface area contributed by atoms with Crippen LogP contribution in [0.4, 0.5) is 5.69 Å². The van der Waals surface area contributed by atoms with E-state index in [9.17, 15) is 0 Å². The van der Waals surface area contributed by atoms with Crippen molar-refractivity contribution in [1.29, 1.82) is 0 Å². The van der Waals surface area contributed by atoms with Crippen LogP contribution in [0.25, 0.3) is 0 Å². The van der Waals surface area contributed by atoms with E-state index in [1.807, 2.05) is 37.3 Å². The van der Waals surface area contributed by atoms with Gasteiger partial charge in [0.2, 0.25) is 0 Å². The third-order valence-corrected chi connectivity index (χ3v) is 3.57. The Labute approximate surface area is 133 Å². The van der Waals surface area contributed by atoms with E-state index in [0.29, 0.717) is 13.2 Å². The molecular formula is C19H25NO2. The molecule has 2 rings (SSSR count). The fraction of sp³-hybridized carbons (Fsp3) is 0.368. The molecule has 2 aromatic rings. The first-order chi connectivity index (χ1) is 10.4. The van der Waals surface area contributed by atoms with Gasteiger partial charge in [0.1, 0.15) is 24.7 Å². The zero-order chi connectivity index (χ0) is 16.2. The SMILES string of the molecule is Cc1ccc(OCCOc2cccc(C(C)(C)C)c2)cc1N. The molecule has 0 radical (unpaired) electrons. The number of nitrogen functional groups attached to an aromatic ring is 1. The quantitative estimate of drug-likeness (QED) is 0.660. The van der Waals surface area contributed by atoms with Crippen molar-refractivity contribution in [3.05, 3.63) is 53.6 Å². The van der Waals surface area contributed by atoms with Gasteiger partial charge in [-0.1, -0.05) is 39.0 Å². The van der Waals surface area contributed by atoms with Crippen LogP contribution >= 0.6 is 0 Å². The number of aryl methyl sites for hydroxylation is 1. The van der Waals surface area contributed by atoms with Crippen molar-refractivity contribution in [3.8, 4) is 11.5 Å². The molecule has 0 bridgehead atoms. The van der Waals surface area contributed by atoms with Crippen molar-refractivity contribution in [2.24, 2.45) is 0 Å². The number of rotatable bonds is 5. The average molecular weight is 299 g/mol. The van der Waals surface area contributed by atoms with Crippen LogP contribution in [-0.4, -0.2) is 13.2 Å². The molecule has 3 nitrogen and oxygen atoms in total. The second kappa shape index (κ2) is 6.73. The normalized spacial score (nSPS) is 11.3. The molecule has 3 heteroatoms. The van der Waals surface area contributed by atoms with Gasteiger partial charge in [0.15, 0.2) is 0 Å². The highest BCUT2D eigenvalue weighted by molar-refractivity contribution is 5.50. The number of anilines is 1. The van der Waals surface area contributed by atoms with Gasteiger partial charge < -0.3 is 15.2 Å². The molecule has 22 heavy (non-hydrogen) atoms. The summed E-state index contributed by atoms with van der Waals surface area (Å²) in [6.45, 7) is 9.54. The van der Waals surface area contributed by atoms with Crippen LogP contribution in [0.5, 0.6) is 11.5 Å². The number of nitrogens with two attached hydrogens (primary N) is 1. The Kier molecular flexibility index (Phi) is 4.96. The first kappa shape index (κ1) is 16.2. The second-order valence-corrected chi connectivity index (χ2v) is 6.49. The van der Waals surface area contributed by atoms with E-state index in [1.165, 1.54) is 5.56 Å². The van der Waals surface area contributed by atoms with Gasteiger partial charge in [-0.05, 0) is 41.7 Å². The van der Waals surface area contributed by atoms with Gasteiger partial charge in [-0.15, -0.1) is 0 Å². The van der Waals surface area contributed by atoms with E-state index in [0.717, 1.165) is 22.7 Å². The molecule has 2 N–H and O–H groups in total. The molecule has 0 amide bonds. The zero-order valence-electron chi connectivity index (χ0n) is 13.8. The summed E-state index contributed by atoms with van der Waals surface area (Å²) < 4.78 is 11.4. The number of benzene rings is 2. The minimum Gasteiger partial charge on any atom is -0.490 e. The lowest BCUT2D eigenvalue weighted by atomic mass is 9.87. The summed E-state index contributed by atoms with van der Waals surface area (Å²) in [6, 6.07) is 13.9. The topological polar surface area (TPSA) is 44.5 Å². The third kappa shape index (κ3) is 4.42. The van der Waals surface area contributed by atoms with Crippen LogP contribution in [0, 0.1) is 6.92 Å². The Hall–Kier alpha value is -2.16. The van der Waals surface area contributed by atoms with E-state index < -0.39 is 0 Å². The summed E-state index contributed by atoms with van der Waals surface area (Å²) >= 11 is 0. The van der Waals surface area contributed by atoms with Crippen LogP contribution in [-0.2, 0) is 5.41 Å². The Morgan fingerprint density at radius 1 is 0.909 bits per heavy atom. The molecule has 0 saturated carbocycles. The van der Waals surface area contributed by atoms with E-state index in [1.54, 1.807) is 0 Å². The predicted octanol–water partition coefficient (Wildman–Crippen LogP) is 4.33. The highest BCUT2D eigenvalue weighted by Crippen LogP contribution is 2.25. The largest absolute Gasteiger partial charge is 0.490 e. The van der Waals surface area contributed by atoms with E-state index in [2.05, 4.69) is 32.9 Å². The molecule has 0 atom stereocenters. The summed E-state index contributed by atoms with van der Waals surface area (Å²) in [5.41, 5.74) is 9.05. The molecule has 0 fully saturated rings. The van der Waals surface area contributed by atoms with Crippen molar-refractivity contribution < 1.29 is 9.47 Å². The molecular weight excluding hydrogens is 274 g/mol. The van der Waals surface area contributed by atoms with Crippen LogP contribution in [0.15, 0.2) is 42.5 Å². The van der Waals surface area contributed by atoms with Crippen molar-refractivity contribution in [1.82, 2.24) is 0 Å². The molecule has 0 spiro atoms. The molecule has 0 aromatic heterocycles. The Morgan fingerprint density at radius 3 is 2.14 bits per heavy atom. The van der Waals surface area contributed by atoms with Crippen LogP contribution < -0.4 is 15.2 Å². The van der Waals surface area contributed by atoms with Gasteiger partial charge in [0.25, 0.3) is 0 Å². The van der Waals surface area contributed by atoms with Gasteiger partial charge in [0.05, 0.1) is 0 Å². The highest BCUT2D eigenvalue weighted by atomic mass is 16.5. The molecule has 0 aliphatic heterocycles. The lowest BCUT2D eigenvalue weighted by Crippen LogP contribution is -2.12. The lowest BCUT2D eigenvalue weighted by Gasteiger charge is -2.19. The van der Waals surface area contributed by atoms with Gasteiger partial charge >= 0.3 is 0 Å². The molecule has 118 valence electrons. The zero-order valence-corrected chi connectivity index (χ0v) is 13.8. The van der Waals surface area contributed by atoms with Gasteiger partial charge in [-0.25, -0.2) is 0 Å². The number of hydrogen-bond donors (Lipinski definition) is 1. The molecule has 0 saturated heterocycles. The van der Waals surface area contributed by atoms with Gasteiger partial charge in [-0.2, -0.15) is 0 Å². The second-order valence-electron chi connectivity index (χ2n) is 6.49. The smallest absolute Gasteiger partial charge is 0.122 e. The van der Waals surface area contributed by atoms with Crippen molar-refractivity contribution >= 4 is 5.69 Å². The summed E-state index contributed by atoms with van der Waals surface area (Å²) in [7, 11) is 0. The Morgan fingerprint density at radius 2 is 1.55 bits per heavy atom. The van der Waals surface area contributed by atoms with Crippen LogP contribution in [0.3, 0.4) is 0 Å². The van der Waals surface area contributed by atoms with E-state index in [4.69, 9.17) is 15.2 Å². The average Bonchev–Trinajstić information content (AvgIpc) is 2.47. The van der Waals surface area contributed by atoms with Crippen molar-refractivity contribution in [2.75, 3.05) is 18.9 Å². The standard InChI is InChI=1S/C19H25NO2/c1-14-8-9-17(13-18(14)20)22-11-10-21-16-7-5-6-15(12-16)19(2,3)4/h5-9,12-13H,10-11,20H2,1-4H3. The summed E-state index contributed by atoms with van der Waals surface area (Å²) in [5.74, 6) is 1.65. The highest BCUT2D eigenvalue weighted by Gasteiger charge is 2.13. The Bertz CT molecular complexity index is 630. The molecule has 0 aliphatic carbocycles. The summed E-state index contributed by atoms with van der Waals surface area (Å²) in [4.78, 5) is 0. The van der Waals surface area contributed by atoms with E-state index in [-0.39, 0.29) is 5.41 Å². The van der Waals surface area contributed by atoms with Crippen LogP contribution in [0.1, 0.15) is 31.9 Å². The first-order valence-electron chi connectivity index (χ1n) is 7.58. The molecule has 0 aliphatic rings. The lowest BCUT2D eigenvalue weighted by molar-refractivity contribution is 0.217. The van der Waals surface area contributed by atoms with Gasteiger partial charge in [0, 0.05) is 11.8 Å². The minimum absolute atomic E-state index is 0.120. The minimum atomic E-state index is 0.120. The summed E-state index contributed by atoms with van der Waals surface area (Å²) in [6.07, 6.45) is 0. The monoisotopic (exact) mass is 299 g/mol. The maximum absolute atomic E-state index is 5.86. The predicted molar refractivity (Wildman–Crippen MR) is 91.7 cm³/mol. The number of ether oxygens (including phenoxy) is 2.